The summed E-state index contributed by atoms with van der Waals surface area (Å²) in [7, 11) is 0. The molecule has 112 valence electrons. The van der Waals surface area contributed by atoms with Crippen molar-refractivity contribution in [3.63, 3.8) is 0 Å². The second-order valence-electron chi connectivity index (χ2n) is 4.44. The number of benzene rings is 1. The van der Waals surface area contributed by atoms with E-state index < -0.39 is 23.5 Å². The van der Waals surface area contributed by atoms with Crippen molar-refractivity contribution < 1.29 is 22.7 Å². The van der Waals surface area contributed by atoms with Gasteiger partial charge in [0.15, 0.2) is 0 Å². The minimum atomic E-state index is -0.986. The van der Waals surface area contributed by atoms with E-state index in [1.165, 1.54) is 0 Å². The second-order valence-corrected chi connectivity index (χ2v) is 4.44. The lowest BCUT2D eigenvalue weighted by Crippen LogP contribution is -2.15. The van der Waals surface area contributed by atoms with Gasteiger partial charge in [-0.1, -0.05) is 6.42 Å². The van der Waals surface area contributed by atoms with Gasteiger partial charge in [0, 0.05) is 30.2 Å². The van der Waals surface area contributed by atoms with Gasteiger partial charge in [-0.25, -0.2) is 13.2 Å². The van der Waals surface area contributed by atoms with E-state index in [1.54, 1.807) is 6.92 Å². The Hall–Kier alpha value is -1.56. The van der Waals surface area contributed by atoms with E-state index in [1.807, 2.05) is 0 Å². The maximum absolute atomic E-state index is 13.5. The van der Waals surface area contributed by atoms with E-state index in [9.17, 15) is 18.0 Å². The molecule has 0 aromatic heterocycles. The van der Waals surface area contributed by atoms with E-state index in [-0.39, 0.29) is 18.0 Å². The quantitative estimate of drug-likeness (QED) is 0.619. The Morgan fingerprint density at radius 2 is 1.85 bits per heavy atom. The van der Waals surface area contributed by atoms with Gasteiger partial charge in [0.05, 0.1) is 6.61 Å². The van der Waals surface area contributed by atoms with E-state index in [4.69, 9.17) is 10.5 Å². The summed E-state index contributed by atoms with van der Waals surface area (Å²) in [6.07, 6.45) is 1.60. The van der Waals surface area contributed by atoms with Crippen LogP contribution in [0.2, 0.25) is 0 Å². The maximum Gasteiger partial charge on any atom is 0.305 e. The molecular weight excluding hydrogens is 271 g/mol. The Bertz CT molecular complexity index is 443. The number of nitrogens with two attached hydrogens (primary N) is 1. The summed E-state index contributed by atoms with van der Waals surface area (Å²) in [5.74, 6) is -3.25. The van der Waals surface area contributed by atoms with Crippen LogP contribution in [0.25, 0.3) is 0 Å². The number of esters is 1. The van der Waals surface area contributed by atoms with Crippen molar-refractivity contribution in [2.24, 2.45) is 5.73 Å². The molecule has 0 bridgehead atoms. The standard InChI is InChI=1S/C14H18F3NO2/c1-2-20-13(19)6-4-3-5-12(18)14-10(16)7-9(15)8-11(14)17/h7-8,12H,2-6,18H2,1H3. The molecule has 0 saturated carbocycles. The fourth-order valence-corrected chi connectivity index (χ4v) is 1.92. The molecule has 0 aliphatic heterocycles. The van der Waals surface area contributed by atoms with Crippen LogP contribution in [0.3, 0.4) is 0 Å². The zero-order valence-electron chi connectivity index (χ0n) is 11.3. The molecule has 0 heterocycles. The third kappa shape index (κ3) is 4.85. The molecule has 1 aromatic rings. The lowest BCUT2D eigenvalue weighted by Gasteiger charge is -2.13. The molecule has 0 radical (unpaired) electrons. The SMILES string of the molecule is CCOC(=O)CCCCC(N)c1c(F)cc(F)cc1F. The number of unbranched alkanes of at least 4 members (excludes halogenated alkanes) is 1. The average molecular weight is 289 g/mol. The van der Waals surface area contributed by atoms with Gasteiger partial charge in [-0.2, -0.15) is 0 Å². The van der Waals surface area contributed by atoms with Crippen LogP contribution in [0.15, 0.2) is 12.1 Å². The molecule has 0 aliphatic rings. The van der Waals surface area contributed by atoms with Crippen LogP contribution < -0.4 is 5.73 Å². The van der Waals surface area contributed by atoms with Gasteiger partial charge in [0.1, 0.15) is 17.5 Å². The van der Waals surface area contributed by atoms with Crippen molar-refractivity contribution in [1.29, 1.82) is 0 Å². The number of carbonyl (C=O) groups excluding carboxylic acids is 1. The first-order chi connectivity index (χ1) is 9.45. The van der Waals surface area contributed by atoms with Gasteiger partial charge in [0.25, 0.3) is 0 Å². The minimum absolute atomic E-state index is 0.245. The molecule has 3 nitrogen and oxygen atoms in total. The molecule has 0 aliphatic carbocycles. The summed E-state index contributed by atoms with van der Waals surface area (Å²) in [6.45, 7) is 2.04. The first-order valence-electron chi connectivity index (χ1n) is 6.51. The predicted molar refractivity (Wildman–Crippen MR) is 68.3 cm³/mol. The molecule has 0 amide bonds. The molecule has 0 saturated heterocycles. The van der Waals surface area contributed by atoms with E-state index >= 15 is 0 Å². The molecule has 2 N–H and O–H groups in total. The zero-order chi connectivity index (χ0) is 15.1. The van der Waals surface area contributed by atoms with Crippen molar-refractivity contribution in [2.75, 3.05) is 6.61 Å². The summed E-state index contributed by atoms with van der Waals surface area (Å²) in [4.78, 5) is 11.1. The summed E-state index contributed by atoms with van der Waals surface area (Å²) < 4.78 is 44.5. The van der Waals surface area contributed by atoms with Crippen LogP contribution in [0, 0.1) is 17.5 Å². The maximum atomic E-state index is 13.5. The largest absolute Gasteiger partial charge is 0.466 e. The first kappa shape index (κ1) is 16.5. The van der Waals surface area contributed by atoms with Crippen LogP contribution in [-0.2, 0) is 9.53 Å². The monoisotopic (exact) mass is 289 g/mol. The highest BCUT2D eigenvalue weighted by Crippen LogP contribution is 2.24. The Morgan fingerprint density at radius 3 is 2.40 bits per heavy atom. The third-order valence-electron chi connectivity index (χ3n) is 2.87. The fourth-order valence-electron chi connectivity index (χ4n) is 1.92. The normalized spacial score (nSPS) is 12.2. The minimum Gasteiger partial charge on any atom is -0.466 e. The molecule has 1 atom stereocenters. The van der Waals surface area contributed by atoms with Gasteiger partial charge in [-0.05, 0) is 19.8 Å². The Balaban J connectivity index is 2.47. The first-order valence-corrected chi connectivity index (χ1v) is 6.51. The van der Waals surface area contributed by atoms with Crippen molar-refractivity contribution >= 4 is 5.97 Å². The highest BCUT2D eigenvalue weighted by molar-refractivity contribution is 5.69. The molecule has 1 rings (SSSR count). The lowest BCUT2D eigenvalue weighted by molar-refractivity contribution is -0.143. The third-order valence-corrected chi connectivity index (χ3v) is 2.87. The Morgan fingerprint density at radius 1 is 1.25 bits per heavy atom. The van der Waals surface area contributed by atoms with Crippen molar-refractivity contribution in [1.82, 2.24) is 0 Å². The highest BCUT2D eigenvalue weighted by atomic mass is 19.1. The number of ether oxygens (including phenoxy) is 1. The Kier molecular flexibility index (Phi) is 6.51. The van der Waals surface area contributed by atoms with Crippen molar-refractivity contribution in [3.8, 4) is 0 Å². The smallest absolute Gasteiger partial charge is 0.305 e. The second kappa shape index (κ2) is 7.89. The number of hydrogen-bond acceptors (Lipinski definition) is 3. The number of hydrogen-bond donors (Lipinski definition) is 1. The van der Waals surface area contributed by atoms with E-state index in [0.717, 1.165) is 0 Å². The summed E-state index contributed by atoms with van der Waals surface area (Å²) in [5.41, 5.74) is 5.39. The van der Waals surface area contributed by atoms with Crippen LogP contribution in [0.1, 0.15) is 44.2 Å². The van der Waals surface area contributed by atoms with Gasteiger partial charge in [-0.15, -0.1) is 0 Å². The van der Waals surface area contributed by atoms with Crippen LogP contribution in [0.5, 0.6) is 0 Å². The zero-order valence-corrected chi connectivity index (χ0v) is 11.3. The van der Waals surface area contributed by atoms with Crippen molar-refractivity contribution in [3.05, 3.63) is 35.1 Å². The average Bonchev–Trinajstić information content (AvgIpc) is 2.33. The molecule has 20 heavy (non-hydrogen) atoms. The van der Waals surface area contributed by atoms with E-state index in [0.29, 0.717) is 38.0 Å². The number of rotatable bonds is 7. The molecule has 1 aromatic carbocycles. The fraction of sp³-hybridized carbons (Fsp3) is 0.500. The topological polar surface area (TPSA) is 52.3 Å². The molecule has 1 unspecified atom stereocenters. The molecule has 0 spiro atoms. The number of halogens is 3. The summed E-state index contributed by atoms with van der Waals surface area (Å²) in [5, 5.41) is 0. The summed E-state index contributed by atoms with van der Waals surface area (Å²) in [6, 6.07) is 0.353. The van der Waals surface area contributed by atoms with Gasteiger partial charge in [-0.3, -0.25) is 4.79 Å². The van der Waals surface area contributed by atoms with Crippen molar-refractivity contribution in [2.45, 2.75) is 38.6 Å². The Labute approximate surface area is 115 Å². The molecule has 6 heteroatoms. The van der Waals surface area contributed by atoms with Gasteiger partial charge < -0.3 is 10.5 Å². The van der Waals surface area contributed by atoms with Crippen LogP contribution in [-0.4, -0.2) is 12.6 Å². The highest BCUT2D eigenvalue weighted by Gasteiger charge is 2.18. The molecular formula is C14H18F3NO2. The number of carbonyl (C=O) groups is 1. The summed E-state index contributed by atoms with van der Waals surface area (Å²) >= 11 is 0. The molecule has 0 fully saturated rings. The van der Waals surface area contributed by atoms with Gasteiger partial charge >= 0.3 is 5.97 Å². The lowest BCUT2D eigenvalue weighted by atomic mass is 10.00. The predicted octanol–water partition coefficient (Wildman–Crippen LogP) is 3.23. The van der Waals surface area contributed by atoms with Crippen LogP contribution >= 0.6 is 0 Å². The van der Waals surface area contributed by atoms with Gasteiger partial charge in [0.2, 0.25) is 0 Å². The van der Waals surface area contributed by atoms with E-state index in [2.05, 4.69) is 0 Å². The van der Waals surface area contributed by atoms with Crippen LogP contribution in [0.4, 0.5) is 13.2 Å².